The first kappa shape index (κ1) is 20.4. The lowest BCUT2D eigenvalue weighted by Crippen LogP contribution is -2.51. The third-order valence-corrected chi connectivity index (χ3v) is 7.47. The van der Waals surface area contributed by atoms with Crippen LogP contribution in [0, 0.1) is 0 Å². The van der Waals surface area contributed by atoms with Gasteiger partial charge in [0.2, 0.25) is 10.0 Å². The van der Waals surface area contributed by atoms with Crippen LogP contribution in [0.4, 0.5) is 0 Å². The van der Waals surface area contributed by atoms with E-state index in [1.54, 1.807) is 0 Å². The second-order valence-corrected chi connectivity index (χ2v) is 9.64. The topological polar surface area (TPSA) is 106 Å². The Morgan fingerprint density at radius 1 is 1.13 bits per heavy atom. The predicted octanol–water partition coefficient (Wildman–Crippen LogP) is 1.45. The molecule has 0 saturated heterocycles. The summed E-state index contributed by atoms with van der Waals surface area (Å²) in [5.41, 5.74) is 5.14. The molecular weight excluding hydrogens is 360 g/mol. The average Bonchev–Trinajstić information content (AvgIpc) is 2.96. The SMILES string of the molecule is CCS(=O)(=O)c1cccc(S(=O)(=O)NC2(CN)CCCC2)c1.Cl. The number of benzene rings is 1. The molecule has 1 aliphatic carbocycles. The molecule has 1 aliphatic rings. The molecule has 0 bridgehead atoms. The molecular formula is C14H23ClN2O4S2. The minimum absolute atomic E-state index is 0. The largest absolute Gasteiger partial charge is 0.329 e. The number of rotatable bonds is 6. The molecule has 1 aromatic rings. The Balaban J connectivity index is 0.00000264. The van der Waals surface area contributed by atoms with Crippen LogP contribution in [0.3, 0.4) is 0 Å². The zero-order valence-electron chi connectivity index (χ0n) is 13.0. The van der Waals surface area contributed by atoms with Crippen molar-refractivity contribution in [3.05, 3.63) is 24.3 Å². The van der Waals surface area contributed by atoms with Gasteiger partial charge in [0.25, 0.3) is 0 Å². The van der Waals surface area contributed by atoms with Gasteiger partial charge >= 0.3 is 0 Å². The van der Waals surface area contributed by atoms with E-state index in [9.17, 15) is 16.8 Å². The quantitative estimate of drug-likeness (QED) is 0.774. The van der Waals surface area contributed by atoms with Crippen LogP contribution in [0.1, 0.15) is 32.6 Å². The van der Waals surface area contributed by atoms with Crippen LogP contribution >= 0.6 is 12.4 Å². The van der Waals surface area contributed by atoms with E-state index in [-0.39, 0.29) is 34.5 Å². The lowest BCUT2D eigenvalue weighted by molar-refractivity contribution is 0.399. The molecule has 0 amide bonds. The number of hydrogen-bond acceptors (Lipinski definition) is 5. The highest BCUT2D eigenvalue weighted by molar-refractivity contribution is 7.91. The van der Waals surface area contributed by atoms with Crippen molar-refractivity contribution in [2.24, 2.45) is 5.73 Å². The molecule has 0 atom stereocenters. The molecule has 2 rings (SSSR count). The molecule has 1 aromatic carbocycles. The Morgan fingerprint density at radius 3 is 2.22 bits per heavy atom. The van der Waals surface area contributed by atoms with Crippen LogP contribution in [0.25, 0.3) is 0 Å². The van der Waals surface area contributed by atoms with Crippen LogP contribution < -0.4 is 10.5 Å². The van der Waals surface area contributed by atoms with E-state index < -0.39 is 25.4 Å². The van der Waals surface area contributed by atoms with Gasteiger partial charge < -0.3 is 5.73 Å². The van der Waals surface area contributed by atoms with Gasteiger partial charge in [0.1, 0.15) is 0 Å². The van der Waals surface area contributed by atoms with E-state index in [0.29, 0.717) is 12.8 Å². The fourth-order valence-corrected chi connectivity index (χ4v) is 5.26. The van der Waals surface area contributed by atoms with Crippen LogP contribution in [0.15, 0.2) is 34.1 Å². The van der Waals surface area contributed by atoms with Crippen molar-refractivity contribution in [1.82, 2.24) is 4.72 Å². The van der Waals surface area contributed by atoms with Gasteiger partial charge in [-0.3, -0.25) is 0 Å². The number of nitrogens with two attached hydrogens (primary N) is 1. The van der Waals surface area contributed by atoms with Crippen LogP contribution in [0.2, 0.25) is 0 Å². The monoisotopic (exact) mass is 382 g/mol. The number of nitrogens with one attached hydrogen (secondary N) is 1. The van der Waals surface area contributed by atoms with Gasteiger partial charge in [-0.1, -0.05) is 25.8 Å². The third-order valence-electron chi connectivity index (χ3n) is 4.16. The van der Waals surface area contributed by atoms with Crippen molar-refractivity contribution in [1.29, 1.82) is 0 Å². The average molecular weight is 383 g/mol. The van der Waals surface area contributed by atoms with Crippen LogP contribution in [-0.2, 0) is 19.9 Å². The second kappa shape index (κ2) is 7.48. The molecule has 0 aliphatic heterocycles. The molecule has 3 N–H and O–H groups in total. The lowest BCUT2D eigenvalue weighted by atomic mass is 10.0. The van der Waals surface area contributed by atoms with E-state index in [4.69, 9.17) is 5.73 Å². The molecule has 9 heteroatoms. The normalized spacial score (nSPS) is 17.7. The van der Waals surface area contributed by atoms with E-state index in [0.717, 1.165) is 12.8 Å². The molecule has 6 nitrogen and oxygen atoms in total. The van der Waals surface area contributed by atoms with Gasteiger partial charge in [-0.15, -0.1) is 12.4 Å². The molecule has 1 saturated carbocycles. The highest BCUT2D eigenvalue weighted by atomic mass is 35.5. The Hall–Kier alpha value is -0.670. The Morgan fingerprint density at radius 2 is 1.70 bits per heavy atom. The van der Waals surface area contributed by atoms with Crippen molar-refractivity contribution in [2.45, 2.75) is 47.9 Å². The Kier molecular flexibility index (Phi) is 6.63. The highest BCUT2D eigenvalue weighted by Gasteiger charge is 2.37. The van der Waals surface area contributed by atoms with E-state index in [2.05, 4.69) is 4.72 Å². The van der Waals surface area contributed by atoms with Crippen molar-refractivity contribution in [2.75, 3.05) is 12.3 Å². The van der Waals surface area contributed by atoms with E-state index in [1.807, 2.05) is 0 Å². The minimum atomic E-state index is -3.80. The highest BCUT2D eigenvalue weighted by Crippen LogP contribution is 2.30. The van der Waals surface area contributed by atoms with Gasteiger partial charge in [-0.2, -0.15) is 0 Å². The molecule has 132 valence electrons. The number of hydrogen-bond donors (Lipinski definition) is 2. The Bertz CT molecular complexity index is 742. The lowest BCUT2D eigenvalue weighted by Gasteiger charge is -2.28. The molecule has 0 unspecified atom stereocenters. The van der Waals surface area contributed by atoms with E-state index in [1.165, 1.54) is 31.2 Å². The summed E-state index contributed by atoms with van der Waals surface area (Å²) in [6.07, 6.45) is 3.28. The summed E-state index contributed by atoms with van der Waals surface area (Å²) in [7, 11) is -7.25. The summed E-state index contributed by atoms with van der Waals surface area (Å²) in [5, 5.41) is 0. The maximum atomic E-state index is 12.6. The summed E-state index contributed by atoms with van der Waals surface area (Å²) >= 11 is 0. The fraction of sp³-hybridized carbons (Fsp3) is 0.571. The van der Waals surface area contributed by atoms with Gasteiger partial charge in [0, 0.05) is 12.1 Å². The number of halogens is 1. The zero-order valence-corrected chi connectivity index (χ0v) is 15.4. The van der Waals surface area contributed by atoms with E-state index >= 15 is 0 Å². The van der Waals surface area contributed by atoms with Crippen molar-refractivity contribution in [3.8, 4) is 0 Å². The number of sulfone groups is 1. The minimum Gasteiger partial charge on any atom is -0.329 e. The molecule has 1 fully saturated rings. The maximum absolute atomic E-state index is 12.6. The summed E-state index contributed by atoms with van der Waals surface area (Å²) < 4.78 is 51.6. The first-order chi connectivity index (χ1) is 10.2. The van der Waals surface area contributed by atoms with Crippen LogP contribution in [0.5, 0.6) is 0 Å². The van der Waals surface area contributed by atoms with Crippen molar-refractivity contribution >= 4 is 32.3 Å². The van der Waals surface area contributed by atoms with Gasteiger partial charge in [-0.25, -0.2) is 21.6 Å². The predicted molar refractivity (Wildman–Crippen MR) is 92.0 cm³/mol. The Labute approximate surface area is 144 Å². The van der Waals surface area contributed by atoms with Crippen molar-refractivity contribution in [3.63, 3.8) is 0 Å². The summed E-state index contributed by atoms with van der Waals surface area (Å²) in [6.45, 7) is 1.76. The van der Waals surface area contributed by atoms with Crippen LogP contribution in [-0.4, -0.2) is 34.7 Å². The first-order valence-corrected chi connectivity index (χ1v) is 10.5. The van der Waals surface area contributed by atoms with Crippen molar-refractivity contribution < 1.29 is 16.8 Å². The van der Waals surface area contributed by atoms with Gasteiger partial charge in [-0.05, 0) is 31.0 Å². The summed E-state index contributed by atoms with van der Waals surface area (Å²) in [4.78, 5) is -0.0205. The molecule has 0 aromatic heterocycles. The van der Waals surface area contributed by atoms with Gasteiger partial charge in [0.05, 0.1) is 15.5 Å². The summed E-state index contributed by atoms with van der Waals surface area (Å²) in [6, 6.07) is 5.46. The summed E-state index contributed by atoms with van der Waals surface area (Å²) in [5.74, 6) is -0.0728. The smallest absolute Gasteiger partial charge is 0.241 e. The molecule has 23 heavy (non-hydrogen) atoms. The second-order valence-electron chi connectivity index (χ2n) is 5.68. The molecule has 0 spiro atoms. The standard InChI is InChI=1S/C14H22N2O4S2.ClH/c1-2-21(17,18)12-6-5-7-13(10-12)22(19,20)16-14(11-15)8-3-4-9-14;/h5-7,10,16H,2-4,8-9,11,15H2,1H3;1H. The molecule has 0 radical (unpaired) electrons. The molecule has 0 heterocycles. The fourth-order valence-electron chi connectivity index (χ4n) is 2.75. The van der Waals surface area contributed by atoms with Gasteiger partial charge in [0.15, 0.2) is 9.84 Å². The maximum Gasteiger partial charge on any atom is 0.241 e. The number of sulfonamides is 1. The first-order valence-electron chi connectivity index (χ1n) is 7.32. The third kappa shape index (κ3) is 4.45. The zero-order chi connectivity index (χ0) is 16.4.